The van der Waals surface area contributed by atoms with Gasteiger partial charge in [-0.25, -0.2) is 0 Å². The molecule has 0 aliphatic carbocycles. The van der Waals surface area contributed by atoms with Crippen molar-refractivity contribution in [3.63, 3.8) is 0 Å². The Bertz CT molecular complexity index is 1920. The topological polar surface area (TPSA) is 371 Å². The van der Waals surface area contributed by atoms with Gasteiger partial charge in [0, 0.05) is 19.8 Å². The lowest BCUT2D eigenvalue weighted by molar-refractivity contribution is -0.254. The quantitative estimate of drug-likeness (QED) is 0.0404. The van der Waals surface area contributed by atoms with E-state index in [0.29, 0.717) is 19.8 Å². The fourth-order valence-electron chi connectivity index (χ4n) is 7.15. The first-order valence-corrected chi connectivity index (χ1v) is 21.3. The Kier molecular flexibility index (Phi) is 25.0. The maximum absolute atomic E-state index is 10.1. The summed E-state index contributed by atoms with van der Waals surface area (Å²) in [5.74, 6) is 0. The van der Waals surface area contributed by atoms with Crippen LogP contribution in [0.25, 0.3) is 21.5 Å². The summed E-state index contributed by atoms with van der Waals surface area (Å²) in [6.07, 6.45) is -14.1. The summed E-state index contributed by atoms with van der Waals surface area (Å²) >= 11 is 3.54. The molecule has 4 aromatic rings. The Hall–Kier alpha value is -3.09. The predicted molar refractivity (Wildman–Crippen MR) is 243 cm³/mol. The zero-order chi connectivity index (χ0) is 48.2. The minimum absolute atomic E-state index is 0.307. The molecule has 20 N–H and O–H groups in total. The average molecular weight is 941 g/mol. The summed E-state index contributed by atoms with van der Waals surface area (Å²) in [5.41, 5.74) is 13.2. The molecule has 3 unspecified atom stereocenters. The number of nitrogens with one attached hydrogen (secondary N) is 4. The van der Waals surface area contributed by atoms with Crippen molar-refractivity contribution in [3.8, 4) is 0 Å². The summed E-state index contributed by atoms with van der Waals surface area (Å²) in [4.78, 5) is 0. The molecule has 366 valence electrons. The van der Waals surface area contributed by atoms with Crippen LogP contribution in [0.1, 0.15) is 11.1 Å². The van der Waals surface area contributed by atoms with Crippen molar-refractivity contribution in [2.24, 2.45) is 11.5 Å². The molecule has 0 aromatic heterocycles. The third-order valence-corrected chi connectivity index (χ3v) is 10.8. The summed E-state index contributed by atoms with van der Waals surface area (Å²) in [6.45, 7) is 0.147. The van der Waals surface area contributed by atoms with Crippen LogP contribution in [0.4, 0.5) is 0 Å². The molecule has 3 saturated heterocycles. The Morgan fingerprint density at radius 2 is 0.938 bits per heavy atom. The molecule has 3 fully saturated rings. The van der Waals surface area contributed by atoms with E-state index in [2.05, 4.69) is 76.0 Å². The van der Waals surface area contributed by atoms with Crippen LogP contribution in [0, 0.1) is 0 Å². The van der Waals surface area contributed by atoms with Crippen molar-refractivity contribution in [2.75, 3.05) is 40.6 Å². The minimum atomic E-state index is -1.35. The highest BCUT2D eigenvalue weighted by Gasteiger charge is 2.44. The maximum atomic E-state index is 10.1. The van der Waals surface area contributed by atoms with Gasteiger partial charge in [-0.05, 0) is 46.8 Å². The van der Waals surface area contributed by atoms with Crippen LogP contribution in [0.15, 0.2) is 84.9 Å². The van der Waals surface area contributed by atoms with E-state index >= 15 is 0 Å². The molecule has 3 aliphatic heterocycles. The molecular formula is C43H68N6O15S. The number of fused-ring (bicyclic) bond motifs is 2. The van der Waals surface area contributed by atoms with Crippen molar-refractivity contribution in [2.45, 2.75) is 105 Å². The lowest BCUT2D eigenvalue weighted by atomic mass is 9.97. The van der Waals surface area contributed by atoms with Gasteiger partial charge in [-0.1, -0.05) is 97.7 Å². The molecule has 65 heavy (non-hydrogen) atoms. The van der Waals surface area contributed by atoms with Crippen LogP contribution in [0.3, 0.4) is 0 Å². The molecule has 22 heteroatoms. The highest BCUT2D eigenvalue weighted by molar-refractivity contribution is 7.78. The molecule has 0 saturated carbocycles. The van der Waals surface area contributed by atoms with E-state index < -0.39 is 112 Å². The van der Waals surface area contributed by atoms with Crippen LogP contribution in [-0.4, -0.2) is 194 Å². The number of hydrogen-bond donors (Lipinski definition) is 19. The zero-order valence-corrected chi connectivity index (χ0v) is 37.1. The van der Waals surface area contributed by atoms with Crippen molar-refractivity contribution < 1.29 is 75.5 Å². The number of thiol groups is 1. The summed E-state index contributed by atoms with van der Waals surface area (Å²) in [5, 5.41) is 125. The Morgan fingerprint density at radius 3 is 1.42 bits per heavy atom. The SMILES string of the molecule is CNS.CN[C@H]1C(O)O[C@H](CO)[C@H](O)[C@@H]1O.NCc1cccc2ccccc12.N[C@H]1C(O)O[C@H](CO)[C@H](O)[C@@H]1O.OC[C@H]1OC(O)[C@H](NCNCc2cccc3ccccc23)[C@@H](O)[C@H]1O. The molecule has 0 spiro atoms. The number of aliphatic hydroxyl groups is 12. The third kappa shape index (κ3) is 15.7. The largest absolute Gasteiger partial charge is 0.394 e. The molecule has 0 amide bonds. The lowest BCUT2D eigenvalue weighted by Gasteiger charge is -2.40. The highest BCUT2D eigenvalue weighted by atomic mass is 32.1. The van der Waals surface area contributed by atoms with Gasteiger partial charge in [0.05, 0.1) is 37.9 Å². The van der Waals surface area contributed by atoms with Crippen LogP contribution >= 0.6 is 12.8 Å². The number of hydrogen-bond acceptors (Lipinski definition) is 22. The summed E-state index contributed by atoms with van der Waals surface area (Å²) in [6, 6.07) is 26.1. The molecular weight excluding hydrogens is 873 g/mol. The molecule has 0 bridgehead atoms. The first kappa shape index (κ1) is 56.2. The number of nitrogens with two attached hydrogens (primary N) is 2. The van der Waals surface area contributed by atoms with E-state index in [1.165, 1.54) is 34.2 Å². The predicted octanol–water partition coefficient (Wildman–Crippen LogP) is -4.62. The molecule has 0 radical (unpaired) electrons. The fourth-order valence-corrected chi connectivity index (χ4v) is 7.15. The van der Waals surface area contributed by atoms with Crippen molar-refractivity contribution in [3.05, 3.63) is 96.1 Å². The standard InChI is InChI=1S/C18H24N2O5.C11H11N.C7H15NO5.C6H13NO5.CH5NS/c21-9-14-16(22)17(23)15(18(24)25-14)20-10-19-8-12-6-3-5-11-4-1-2-7-13(11)12;12-8-10-6-3-5-9-4-1-2-7-11(9)10;1-8-4-6(11)5(10)3(2-9)13-7(4)12;7-3-5(10)4(9)2(1-8)12-6(3)11;1-2-3/h1-7,14-24H,8-10H2;1-7H,8,12H2;3-12H,2H2,1H3;2-6,8-11H,1,7H2;2-3H,1H3/t14-,15-,16+,17-,18?;;3-,4-,5+,6-,7?;2-,3-,4+,5-,6?;/m1.11./s1. The van der Waals surface area contributed by atoms with Crippen molar-refractivity contribution in [1.29, 1.82) is 0 Å². The zero-order valence-electron chi connectivity index (χ0n) is 36.2. The molecule has 3 heterocycles. The Balaban J connectivity index is 0.000000239. The molecule has 21 nitrogen and oxygen atoms in total. The third-order valence-electron chi connectivity index (χ3n) is 10.8. The summed E-state index contributed by atoms with van der Waals surface area (Å²) < 4.78 is 17.1. The maximum Gasteiger partial charge on any atom is 0.173 e. The summed E-state index contributed by atoms with van der Waals surface area (Å²) in [7, 11) is 3.27. The molecule has 15 atom stereocenters. The number of benzene rings is 4. The number of aliphatic hydroxyl groups excluding tert-OH is 12. The van der Waals surface area contributed by atoms with Crippen LogP contribution in [-0.2, 0) is 27.3 Å². The average Bonchev–Trinajstić information content (AvgIpc) is 3.32. The van der Waals surface area contributed by atoms with Crippen LogP contribution < -0.4 is 32.1 Å². The highest BCUT2D eigenvalue weighted by Crippen LogP contribution is 2.22. The lowest BCUT2D eigenvalue weighted by Crippen LogP contribution is -2.64. The van der Waals surface area contributed by atoms with Gasteiger partial charge in [0.15, 0.2) is 18.9 Å². The normalized spacial score (nSPS) is 32.0. The van der Waals surface area contributed by atoms with E-state index in [1.54, 1.807) is 7.05 Å². The molecule has 3 aliphatic rings. The van der Waals surface area contributed by atoms with Gasteiger partial charge in [0.25, 0.3) is 0 Å². The van der Waals surface area contributed by atoms with E-state index in [0.717, 1.165) is 5.56 Å². The Labute approximate surface area is 382 Å². The smallest absolute Gasteiger partial charge is 0.173 e. The van der Waals surface area contributed by atoms with E-state index in [4.69, 9.17) is 46.1 Å². The van der Waals surface area contributed by atoms with Gasteiger partial charge in [-0.3, -0.25) is 10.0 Å². The van der Waals surface area contributed by atoms with Gasteiger partial charge in [0.2, 0.25) is 0 Å². The van der Waals surface area contributed by atoms with Gasteiger partial charge >= 0.3 is 0 Å². The minimum Gasteiger partial charge on any atom is -0.394 e. The second-order valence-electron chi connectivity index (χ2n) is 15.1. The first-order valence-electron chi connectivity index (χ1n) is 20.9. The number of rotatable bonds is 10. The van der Waals surface area contributed by atoms with Crippen molar-refractivity contribution in [1.82, 2.24) is 20.7 Å². The van der Waals surface area contributed by atoms with E-state index in [1.807, 2.05) is 42.5 Å². The van der Waals surface area contributed by atoms with E-state index in [-0.39, 0.29) is 0 Å². The van der Waals surface area contributed by atoms with Crippen LogP contribution in [0.2, 0.25) is 0 Å². The Morgan fingerprint density at radius 1 is 0.538 bits per heavy atom. The second kappa shape index (κ2) is 28.9. The number of likely N-dealkylation sites (N-methyl/N-ethyl adjacent to an activating group) is 1. The van der Waals surface area contributed by atoms with Gasteiger partial charge in [-0.15, -0.1) is 0 Å². The monoisotopic (exact) mass is 940 g/mol. The van der Waals surface area contributed by atoms with Gasteiger partial charge in [0.1, 0.15) is 54.9 Å². The molecule has 7 rings (SSSR count). The van der Waals surface area contributed by atoms with Gasteiger partial charge < -0.3 is 97.6 Å². The molecule has 4 aromatic carbocycles. The van der Waals surface area contributed by atoms with Crippen LogP contribution in [0.5, 0.6) is 0 Å². The van der Waals surface area contributed by atoms with Crippen molar-refractivity contribution >= 4 is 34.4 Å². The fraction of sp³-hybridized carbons (Fsp3) is 0.535. The second-order valence-corrected chi connectivity index (χ2v) is 15.6. The van der Waals surface area contributed by atoms with Gasteiger partial charge in [-0.2, -0.15) is 0 Å². The van der Waals surface area contributed by atoms with E-state index in [9.17, 15) is 40.9 Å². The number of ether oxygens (including phenoxy) is 3. The first-order chi connectivity index (χ1) is 31.1.